The molecule has 1 nitrogen and oxygen atoms in total. The molecule has 3 rings (SSSR count). The van der Waals surface area contributed by atoms with Crippen molar-refractivity contribution in [3.63, 3.8) is 0 Å². The van der Waals surface area contributed by atoms with Crippen molar-refractivity contribution in [2.75, 3.05) is 25.4 Å². The van der Waals surface area contributed by atoms with Gasteiger partial charge in [0.15, 0.2) is 0 Å². The first-order chi connectivity index (χ1) is 8.92. The van der Waals surface area contributed by atoms with Crippen molar-refractivity contribution in [2.24, 2.45) is 0 Å². The molecule has 106 valence electrons. The van der Waals surface area contributed by atoms with Gasteiger partial charge in [0.1, 0.15) is 12.7 Å². The highest BCUT2D eigenvalue weighted by Gasteiger charge is 2.47. The number of nitrogens with zero attached hydrogens (tertiary/aromatic N) is 1. The molecule has 2 aliphatic heterocycles. The Kier molecular flexibility index (Phi) is 5.87. The van der Waals surface area contributed by atoms with Gasteiger partial charge in [-0.05, 0) is 44.2 Å². The highest BCUT2D eigenvalue weighted by molar-refractivity contribution is 7.80. The summed E-state index contributed by atoms with van der Waals surface area (Å²) in [5.74, 6) is 0. The Morgan fingerprint density at radius 2 is 1.32 bits per heavy atom. The Bertz CT molecular complexity index is 370. The van der Waals surface area contributed by atoms with Crippen molar-refractivity contribution in [3.8, 4) is 0 Å². The van der Waals surface area contributed by atoms with Crippen molar-refractivity contribution in [1.82, 2.24) is 4.67 Å². The molecule has 2 fully saturated rings. The lowest BCUT2D eigenvalue weighted by Crippen LogP contribution is -3.00. The lowest BCUT2D eigenvalue weighted by Gasteiger charge is -2.41. The van der Waals surface area contributed by atoms with Gasteiger partial charge in [0.05, 0.1) is 12.3 Å². The normalized spacial score (nSPS) is 23.6. The third kappa shape index (κ3) is 3.23. The van der Waals surface area contributed by atoms with Crippen molar-refractivity contribution in [3.05, 3.63) is 30.3 Å². The molecule has 0 N–H and O–H groups in total. The van der Waals surface area contributed by atoms with Gasteiger partial charge in [0.2, 0.25) is 0 Å². The van der Waals surface area contributed by atoms with Crippen LogP contribution in [0.1, 0.15) is 38.5 Å². The van der Waals surface area contributed by atoms with E-state index in [2.05, 4.69) is 35.0 Å². The number of hydrogen-bond donors (Lipinski definition) is 0. The van der Waals surface area contributed by atoms with Gasteiger partial charge in [-0.25, -0.2) is 0 Å². The molecule has 0 bridgehead atoms. The number of hydrogen-bond acceptors (Lipinski definition) is 1. The first-order valence-corrected chi connectivity index (χ1v) is 9.71. The van der Waals surface area contributed by atoms with Crippen molar-refractivity contribution in [1.29, 1.82) is 0 Å². The fraction of sp³-hybridized carbons (Fsp3) is 0.625. The van der Waals surface area contributed by atoms with Crippen LogP contribution in [0.25, 0.3) is 0 Å². The van der Waals surface area contributed by atoms with E-state index in [4.69, 9.17) is 0 Å². The summed E-state index contributed by atoms with van der Waals surface area (Å²) in [5, 5.41) is 1.69. The minimum Gasteiger partial charge on any atom is -1.00 e. The second-order valence-electron chi connectivity index (χ2n) is 5.78. The first kappa shape index (κ1) is 15.5. The van der Waals surface area contributed by atoms with Crippen molar-refractivity contribution >= 4 is 12.7 Å². The number of benzene rings is 1. The minimum absolute atomic E-state index is 0. The average Bonchev–Trinajstić information content (AvgIpc) is 2.50. The maximum absolute atomic E-state index is 2.92. The van der Waals surface area contributed by atoms with Crippen LogP contribution < -0.4 is 22.3 Å². The summed E-state index contributed by atoms with van der Waals surface area (Å²) >= 11 is 0. The summed E-state index contributed by atoms with van der Waals surface area (Å²) < 4.78 is 2.92. The van der Waals surface area contributed by atoms with Crippen LogP contribution in [0.5, 0.6) is 0 Å². The monoisotopic (exact) mass is 341 g/mol. The average molecular weight is 342 g/mol. The van der Waals surface area contributed by atoms with Crippen LogP contribution in [0, 0.1) is 0 Å². The molecule has 0 unspecified atom stereocenters. The van der Waals surface area contributed by atoms with E-state index in [0.29, 0.717) is 0 Å². The van der Waals surface area contributed by atoms with Crippen LogP contribution in [-0.2, 0) is 0 Å². The zero-order valence-electron chi connectivity index (χ0n) is 11.7. The van der Waals surface area contributed by atoms with Gasteiger partial charge >= 0.3 is 0 Å². The molecule has 19 heavy (non-hydrogen) atoms. The maximum atomic E-state index is 2.92. The maximum Gasteiger partial charge on any atom is 0.115 e. The second kappa shape index (κ2) is 7.20. The third-order valence-electron chi connectivity index (χ3n) is 4.67. The molecule has 0 aliphatic carbocycles. The molecule has 2 saturated heterocycles. The molecule has 2 heterocycles. The van der Waals surface area contributed by atoms with Crippen LogP contribution in [0.4, 0.5) is 0 Å². The first-order valence-electron chi connectivity index (χ1n) is 7.60. The number of piperidine rings is 1. The lowest BCUT2D eigenvalue weighted by molar-refractivity contribution is -0.00000377. The fourth-order valence-electron chi connectivity index (χ4n) is 3.71. The van der Waals surface area contributed by atoms with Gasteiger partial charge in [0, 0.05) is 13.1 Å². The molecule has 0 radical (unpaired) electrons. The lowest BCUT2D eigenvalue weighted by atomic mass is 10.2. The van der Waals surface area contributed by atoms with E-state index in [0.717, 1.165) is 0 Å². The Hall–Kier alpha value is 0.0900. The van der Waals surface area contributed by atoms with Crippen LogP contribution >= 0.6 is 7.41 Å². The van der Waals surface area contributed by atoms with Crippen LogP contribution in [0.2, 0.25) is 0 Å². The zero-order valence-corrected chi connectivity index (χ0v) is 14.2. The predicted octanol–water partition coefficient (Wildman–Crippen LogP) is 0.918. The Morgan fingerprint density at radius 1 is 0.737 bits per heavy atom. The highest BCUT2D eigenvalue weighted by atomic mass is 79.9. The summed E-state index contributed by atoms with van der Waals surface area (Å²) in [7, 11) is -0.985. The van der Waals surface area contributed by atoms with Crippen LogP contribution in [0.3, 0.4) is 0 Å². The van der Waals surface area contributed by atoms with Gasteiger partial charge in [-0.1, -0.05) is 24.6 Å². The standard InChI is InChI=1S/C16H25NP.BrH/c1-4-10-16(11-5-1)18(14-8-3-9-15-18)17-12-6-2-7-13-17;/h1,4-5,10-11H,2-3,6-9,12-15H2;1H/q+1;/p-1. The van der Waals surface area contributed by atoms with Gasteiger partial charge in [-0.15, -0.1) is 0 Å². The number of rotatable bonds is 2. The Balaban J connectivity index is 0.00000133. The van der Waals surface area contributed by atoms with E-state index in [1.807, 2.05) is 0 Å². The van der Waals surface area contributed by atoms with E-state index in [1.165, 1.54) is 63.9 Å². The van der Waals surface area contributed by atoms with E-state index in [-0.39, 0.29) is 17.0 Å². The molecule has 3 heteroatoms. The molecule has 0 atom stereocenters. The second-order valence-corrected chi connectivity index (χ2v) is 9.60. The van der Waals surface area contributed by atoms with Gasteiger partial charge in [-0.2, -0.15) is 4.67 Å². The molecular formula is C16H25BrNP. The minimum atomic E-state index is -0.985. The van der Waals surface area contributed by atoms with Crippen molar-refractivity contribution < 1.29 is 17.0 Å². The third-order valence-corrected chi connectivity index (χ3v) is 9.52. The topological polar surface area (TPSA) is 3.24 Å². The van der Waals surface area contributed by atoms with E-state index < -0.39 is 7.41 Å². The zero-order chi connectivity index (χ0) is 12.3. The summed E-state index contributed by atoms with van der Waals surface area (Å²) in [4.78, 5) is 0. The summed E-state index contributed by atoms with van der Waals surface area (Å²) in [6, 6.07) is 11.5. The largest absolute Gasteiger partial charge is 1.00 e. The van der Waals surface area contributed by atoms with Gasteiger partial charge < -0.3 is 17.0 Å². The molecule has 0 spiro atoms. The fourth-order valence-corrected chi connectivity index (χ4v) is 8.61. The quantitative estimate of drug-likeness (QED) is 0.723. The predicted molar refractivity (Wildman–Crippen MR) is 82.0 cm³/mol. The molecule has 1 aromatic carbocycles. The summed E-state index contributed by atoms with van der Waals surface area (Å²) in [6.45, 7) is 2.73. The van der Waals surface area contributed by atoms with Crippen LogP contribution in [0.15, 0.2) is 30.3 Å². The molecule has 0 amide bonds. The highest BCUT2D eigenvalue weighted by Crippen LogP contribution is 2.64. The summed E-state index contributed by atoms with van der Waals surface area (Å²) in [6.07, 6.45) is 11.6. The Morgan fingerprint density at radius 3 is 1.95 bits per heavy atom. The molecule has 2 aliphatic rings. The summed E-state index contributed by atoms with van der Waals surface area (Å²) in [5.41, 5.74) is 0. The SMILES string of the molecule is [Br-].c1ccc([P+]2(N3CCCCC3)CCCCC2)cc1. The number of halogens is 1. The molecule has 1 aromatic rings. The van der Waals surface area contributed by atoms with E-state index >= 15 is 0 Å². The van der Waals surface area contributed by atoms with Gasteiger partial charge in [-0.3, -0.25) is 0 Å². The van der Waals surface area contributed by atoms with E-state index in [9.17, 15) is 0 Å². The van der Waals surface area contributed by atoms with Gasteiger partial charge in [0.25, 0.3) is 0 Å². The van der Waals surface area contributed by atoms with Crippen LogP contribution in [-0.4, -0.2) is 30.1 Å². The Labute approximate surface area is 128 Å². The smallest absolute Gasteiger partial charge is 0.115 e. The molecular weight excluding hydrogens is 317 g/mol. The molecule has 0 aromatic heterocycles. The van der Waals surface area contributed by atoms with E-state index in [1.54, 1.807) is 5.30 Å². The molecule has 0 saturated carbocycles. The van der Waals surface area contributed by atoms with Crippen molar-refractivity contribution in [2.45, 2.75) is 38.5 Å².